The normalized spacial score (nSPS) is 10.9. The van der Waals surface area contributed by atoms with E-state index in [0.717, 1.165) is 27.5 Å². The fraction of sp³-hybridized carbons (Fsp3) is 0.263. The maximum absolute atomic E-state index is 12.3. The number of Topliss-reactive ketones (excluding diaryl/α,β-unsaturated/α-hetero) is 1. The first-order chi connectivity index (χ1) is 11.9. The summed E-state index contributed by atoms with van der Waals surface area (Å²) in [5.74, 6) is 1.11. The lowest BCUT2D eigenvalue weighted by Crippen LogP contribution is -2.05. The monoisotopic (exact) mass is 352 g/mol. The summed E-state index contributed by atoms with van der Waals surface area (Å²) >= 11 is 1.39. The number of carbonyl (C=O) groups is 1. The van der Waals surface area contributed by atoms with E-state index in [1.165, 1.54) is 17.3 Å². The first-order valence-corrected chi connectivity index (χ1v) is 9.03. The molecule has 0 aliphatic carbocycles. The van der Waals surface area contributed by atoms with Crippen molar-refractivity contribution < 1.29 is 4.79 Å². The molecule has 5 nitrogen and oxygen atoms in total. The number of aromatic nitrogens is 4. The standard InChI is InChI=1S/C19H20N4OS/c1-12-5-6-16(9-13(12)2)17(24)11-25-19-8-7-18(20-21-19)23-15(4)10-14(3)22-23/h5-10H,11H2,1-4H3. The van der Waals surface area contributed by atoms with Crippen LogP contribution in [0.4, 0.5) is 0 Å². The van der Waals surface area contributed by atoms with Gasteiger partial charge in [-0.1, -0.05) is 23.9 Å². The third-order valence-electron chi connectivity index (χ3n) is 4.03. The fourth-order valence-corrected chi connectivity index (χ4v) is 3.21. The minimum Gasteiger partial charge on any atom is -0.293 e. The maximum atomic E-state index is 12.3. The summed E-state index contributed by atoms with van der Waals surface area (Å²) in [6, 6.07) is 11.5. The largest absolute Gasteiger partial charge is 0.293 e. The average Bonchev–Trinajstić information content (AvgIpc) is 2.94. The lowest BCUT2D eigenvalue weighted by atomic mass is 10.0. The molecule has 0 atom stereocenters. The van der Waals surface area contributed by atoms with Gasteiger partial charge >= 0.3 is 0 Å². The summed E-state index contributed by atoms with van der Waals surface area (Å²) in [6.45, 7) is 7.98. The smallest absolute Gasteiger partial charge is 0.175 e. The molecule has 0 aliphatic heterocycles. The highest BCUT2D eigenvalue weighted by Crippen LogP contribution is 2.19. The molecule has 0 radical (unpaired) electrons. The van der Waals surface area contributed by atoms with E-state index in [9.17, 15) is 4.79 Å². The van der Waals surface area contributed by atoms with E-state index < -0.39 is 0 Å². The number of aryl methyl sites for hydroxylation is 4. The molecular formula is C19H20N4OS. The molecule has 0 aliphatic rings. The topological polar surface area (TPSA) is 60.7 Å². The van der Waals surface area contributed by atoms with E-state index in [1.54, 1.807) is 4.68 Å². The molecule has 0 saturated carbocycles. The Morgan fingerprint density at radius 1 is 1.00 bits per heavy atom. The molecule has 0 bridgehead atoms. The van der Waals surface area contributed by atoms with Gasteiger partial charge in [-0.2, -0.15) is 5.10 Å². The number of ketones is 1. The Bertz CT molecular complexity index is 916. The van der Waals surface area contributed by atoms with E-state index in [0.29, 0.717) is 11.6 Å². The van der Waals surface area contributed by atoms with Crippen LogP contribution < -0.4 is 0 Å². The number of carbonyl (C=O) groups excluding carboxylic acids is 1. The Morgan fingerprint density at radius 3 is 2.40 bits per heavy atom. The summed E-state index contributed by atoms with van der Waals surface area (Å²) < 4.78 is 1.76. The van der Waals surface area contributed by atoms with E-state index in [-0.39, 0.29) is 5.78 Å². The van der Waals surface area contributed by atoms with Crippen molar-refractivity contribution in [3.63, 3.8) is 0 Å². The number of rotatable bonds is 5. The van der Waals surface area contributed by atoms with Crippen LogP contribution in [-0.2, 0) is 0 Å². The van der Waals surface area contributed by atoms with E-state index in [2.05, 4.69) is 15.3 Å². The third-order valence-corrected chi connectivity index (χ3v) is 4.95. The van der Waals surface area contributed by atoms with Crippen LogP contribution in [0.1, 0.15) is 32.9 Å². The minimum absolute atomic E-state index is 0.0949. The van der Waals surface area contributed by atoms with Crippen LogP contribution in [0.25, 0.3) is 5.82 Å². The minimum atomic E-state index is 0.0949. The van der Waals surface area contributed by atoms with E-state index in [1.807, 2.05) is 64.1 Å². The molecule has 25 heavy (non-hydrogen) atoms. The third kappa shape index (κ3) is 3.96. The number of hydrogen-bond acceptors (Lipinski definition) is 5. The van der Waals surface area contributed by atoms with Crippen LogP contribution in [0.2, 0.25) is 0 Å². The highest BCUT2D eigenvalue weighted by Gasteiger charge is 2.10. The number of benzene rings is 1. The molecule has 2 aromatic heterocycles. The summed E-state index contributed by atoms with van der Waals surface area (Å²) in [5, 5.41) is 13.5. The lowest BCUT2D eigenvalue weighted by Gasteiger charge is -2.05. The highest BCUT2D eigenvalue weighted by atomic mass is 32.2. The van der Waals surface area contributed by atoms with Crippen molar-refractivity contribution in [3.8, 4) is 5.82 Å². The SMILES string of the molecule is Cc1cc(C)n(-c2ccc(SCC(=O)c3ccc(C)c(C)c3)nn2)n1. The van der Waals surface area contributed by atoms with Crippen LogP contribution in [0.5, 0.6) is 0 Å². The second kappa shape index (κ2) is 7.19. The van der Waals surface area contributed by atoms with Crippen molar-refractivity contribution in [3.05, 3.63) is 64.5 Å². The van der Waals surface area contributed by atoms with Crippen molar-refractivity contribution in [2.45, 2.75) is 32.7 Å². The van der Waals surface area contributed by atoms with Gasteiger partial charge in [-0.05, 0) is 63.1 Å². The van der Waals surface area contributed by atoms with Gasteiger partial charge in [0.05, 0.1) is 11.4 Å². The Balaban J connectivity index is 1.66. The molecule has 2 heterocycles. The molecular weight excluding hydrogens is 332 g/mol. The van der Waals surface area contributed by atoms with Gasteiger partial charge in [0, 0.05) is 11.3 Å². The van der Waals surface area contributed by atoms with Crippen LogP contribution in [0.15, 0.2) is 41.4 Å². The number of thioether (sulfide) groups is 1. The molecule has 128 valence electrons. The van der Waals surface area contributed by atoms with E-state index in [4.69, 9.17) is 0 Å². The maximum Gasteiger partial charge on any atom is 0.175 e. The molecule has 0 N–H and O–H groups in total. The number of nitrogens with zero attached hydrogens (tertiary/aromatic N) is 4. The van der Waals surface area contributed by atoms with Crippen LogP contribution in [0, 0.1) is 27.7 Å². The molecule has 3 rings (SSSR count). The van der Waals surface area contributed by atoms with Gasteiger partial charge in [-0.25, -0.2) is 4.68 Å². The predicted octanol–water partition coefficient (Wildman–Crippen LogP) is 3.87. The average molecular weight is 352 g/mol. The second-order valence-corrected chi connectivity index (χ2v) is 7.08. The zero-order chi connectivity index (χ0) is 18.0. The number of hydrogen-bond donors (Lipinski definition) is 0. The Morgan fingerprint density at radius 2 is 1.80 bits per heavy atom. The molecule has 1 aromatic carbocycles. The first-order valence-electron chi connectivity index (χ1n) is 8.04. The van der Waals surface area contributed by atoms with Gasteiger partial charge in [0.25, 0.3) is 0 Å². The van der Waals surface area contributed by atoms with Gasteiger partial charge < -0.3 is 0 Å². The quantitative estimate of drug-likeness (QED) is 0.515. The summed E-state index contributed by atoms with van der Waals surface area (Å²) in [7, 11) is 0. The predicted molar refractivity (Wildman–Crippen MR) is 99.6 cm³/mol. The van der Waals surface area contributed by atoms with Gasteiger partial charge in [0.2, 0.25) is 0 Å². The molecule has 0 amide bonds. The summed E-state index contributed by atoms with van der Waals surface area (Å²) in [6.07, 6.45) is 0. The lowest BCUT2D eigenvalue weighted by molar-refractivity contribution is 0.102. The van der Waals surface area contributed by atoms with Crippen molar-refractivity contribution >= 4 is 17.5 Å². The van der Waals surface area contributed by atoms with Crippen LogP contribution in [-0.4, -0.2) is 31.5 Å². The fourth-order valence-electron chi connectivity index (χ4n) is 2.50. The Hall–Kier alpha value is -2.47. The molecule has 6 heteroatoms. The van der Waals surface area contributed by atoms with Gasteiger partial charge in [-0.3, -0.25) is 4.79 Å². The zero-order valence-electron chi connectivity index (χ0n) is 14.8. The summed E-state index contributed by atoms with van der Waals surface area (Å²) in [5.41, 5.74) is 5.01. The first kappa shape index (κ1) is 17.4. The molecule has 0 unspecified atom stereocenters. The zero-order valence-corrected chi connectivity index (χ0v) is 15.6. The van der Waals surface area contributed by atoms with Crippen molar-refractivity contribution in [1.29, 1.82) is 0 Å². The Labute approximate surface area is 151 Å². The molecule has 0 fully saturated rings. The second-order valence-electron chi connectivity index (χ2n) is 6.08. The highest BCUT2D eigenvalue weighted by molar-refractivity contribution is 7.99. The van der Waals surface area contributed by atoms with Crippen LogP contribution >= 0.6 is 11.8 Å². The van der Waals surface area contributed by atoms with Crippen LogP contribution in [0.3, 0.4) is 0 Å². The van der Waals surface area contributed by atoms with Crippen molar-refractivity contribution in [2.75, 3.05) is 5.75 Å². The van der Waals surface area contributed by atoms with Crippen molar-refractivity contribution in [1.82, 2.24) is 20.0 Å². The molecule has 3 aromatic rings. The van der Waals surface area contributed by atoms with Crippen molar-refractivity contribution in [2.24, 2.45) is 0 Å². The van der Waals surface area contributed by atoms with Gasteiger partial charge in [0.15, 0.2) is 11.6 Å². The molecule has 0 spiro atoms. The van der Waals surface area contributed by atoms with Gasteiger partial charge in [-0.15, -0.1) is 10.2 Å². The summed E-state index contributed by atoms with van der Waals surface area (Å²) in [4.78, 5) is 12.3. The molecule has 0 saturated heterocycles. The van der Waals surface area contributed by atoms with E-state index >= 15 is 0 Å². The van der Waals surface area contributed by atoms with Gasteiger partial charge in [0.1, 0.15) is 5.03 Å². The Kier molecular flexibility index (Phi) is 4.99.